The van der Waals surface area contributed by atoms with Gasteiger partial charge in [-0.1, -0.05) is 49.0 Å². The van der Waals surface area contributed by atoms with Crippen molar-refractivity contribution in [1.29, 1.82) is 0 Å². The molecular formula is C17H17NO. The predicted octanol–water partition coefficient (Wildman–Crippen LogP) is 3.71. The largest absolute Gasteiger partial charge is 0.304 e. The molecule has 0 fully saturated rings. The highest BCUT2D eigenvalue weighted by Crippen LogP contribution is 2.19. The first-order valence-electron chi connectivity index (χ1n) is 6.26. The van der Waals surface area contributed by atoms with E-state index < -0.39 is 0 Å². The van der Waals surface area contributed by atoms with E-state index in [0.717, 1.165) is 11.3 Å². The van der Waals surface area contributed by atoms with Gasteiger partial charge in [0.2, 0.25) is 0 Å². The van der Waals surface area contributed by atoms with E-state index >= 15 is 0 Å². The number of nitrogens with zero attached hydrogens (tertiary/aromatic N) is 1. The van der Waals surface area contributed by atoms with Gasteiger partial charge in [0.05, 0.1) is 6.54 Å². The lowest BCUT2D eigenvalue weighted by Crippen LogP contribution is -2.28. The monoisotopic (exact) mass is 251 g/mol. The fourth-order valence-electron chi connectivity index (χ4n) is 1.97. The highest BCUT2D eigenvalue weighted by molar-refractivity contribution is 6.00. The fourth-order valence-corrected chi connectivity index (χ4v) is 1.97. The average molecular weight is 251 g/mol. The average Bonchev–Trinajstić information content (AvgIpc) is 2.46. The highest BCUT2D eigenvalue weighted by Gasteiger charge is 2.13. The normalized spacial score (nSPS) is 9.95. The van der Waals surface area contributed by atoms with Gasteiger partial charge in [0.15, 0.2) is 0 Å². The Labute approximate surface area is 114 Å². The number of hydrogen-bond donors (Lipinski definition) is 0. The van der Waals surface area contributed by atoms with E-state index in [-0.39, 0.29) is 5.91 Å². The third kappa shape index (κ3) is 3.10. The molecular weight excluding hydrogens is 234 g/mol. The number of amides is 1. The smallest absolute Gasteiger partial charge is 0.250 e. The van der Waals surface area contributed by atoms with Crippen molar-refractivity contribution in [1.82, 2.24) is 0 Å². The molecule has 0 aromatic heterocycles. The van der Waals surface area contributed by atoms with Gasteiger partial charge in [0, 0.05) is 5.69 Å². The Morgan fingerprint density at radius 2 is 1.74 bits per heavy atom. The van der Waals surface area contributed by atoms with E-state index in [2.05, 4.69) is 19.6 Å². The molecule has 0 aliphatic heterocycles. The van der Waals surface area contributed by atoms with Crippen molar-refractivity contribution in [2.45, 2.75) is 13.5 Å². The van der Waals surface area contributed by atoms with Crippen LogP contribution in [0.3, 0.4) is 0 Å². The Kier molecular flexibility index (Phi) is 4.14. The maximum atomic E-state index is 12.0. The Morgan fingerprint density at radius 3 is 2.37 bits per heavy atom. The number of hydrogen-bond acceptors (Lipinski definition) is 1. The topological polar surface area (TPSA) is 20.3 Å². The molecule has 1 amide bonds. The lowest BCUT2D eigenvalue weighted by atomic mass is 10.1. The third-order valence-electron chi connectivity index (χ3n) is 3.10. The molecule has 0 saturated carbocycles. The molecule has 2 aromatic rings. The number of carbonyl (C=O) groups excluding carboxylic acids is 1. The summed E-state index contributed by atoms with van der Waals surface area (Å²) in [7, 11) is 0. The lowest BCUT2D eigenvalue weighted by molar-refractivity contribution is -0.114. The SMILES string of the molecule is C=CC(=O)N(Cc1ccccc1C)c1ccccc1. The third-order valence-corrected chi connectivity index (χ3v) is 3.10. The van der Waals surface area contributed by atoms with Crippen LogP contribution in [0.15, 0.2) is 67.3 Å². The second-order valence-corrected chi connectivity index (χ2v) is 4.39. The summed E-state index contributed by atoms with van der Waals surface area (Å²) in [5.41, 5.74) is 3.21. The molecule has 0 spiro atoms. The second kappa shape index (κ2) is 6.01. The van der Waals surface area contributed by atoms with Crippen molar-refractivity contribution in [3.63, 3.8) is 0 Å². The number of rotatable bonds is 4. The maximum absolute atomic E-state index is 12.0. The Bertz CT molecular complexity index is 575. The summed E-state index contributed by atoms with van der Waals surface area (Å²) < 4.78 is 0. The molecule has 2 heteroatoms. The minimum Gasteiger partial charge on any atom is -0.304 e. The van der Waals surface area contributed by atoms with E-state index in [0.29, 0.717) is 6.54 Å². The van der Waals surface area contributed by atoms with Crippen LogP contribution < -0.4 is 4.90 Å². The van der Waals surface area contributed by atoms with Gasteiger partial charge in [-0.15, -0.1) is 0 Å². The van der Waals surface area contributed by atoms with Gasteiger partial charge in [0.25, 0.3) is 5.91 Å². The summed E-state index contributed by atoms with van der Waals surface area (Å²) in [4.78, 5) is 13.8. The Balaban J connectivity index is 2.32. The van der Waals surface area contributed by atoms with Crippen molar-refractivity contribution in [2.75, 3.05) is 4.90 Å². The summed E-state index contributed by atoms with van der Waals surface area (Å²) in [5, 5.41) is 0. The minimum atomic E-state index is -0.0885. The van der Waals surface area contributed by atoms with Gasteiger partial charge in [0.1, 0.15) is 0 Å². The summed E-state index contributed by atoms with van der Waals surface area (Å²) in [6.07, 6.45) is 1.35. The van der Waals surface area contributed by atoms with Gasteiger partial charge in [-0.2, -0.15) is 0 Å². The first-order chi connectivity index (χ1) is 9.22. The van der Waals surface area contributed by atoms with E-state index in [1.165, 1.54) is 11.6 Å². The molecule has 0 aliphatic carbocycles. The number of anilines is 1. The lowest BCUT2D eigenvalue weighted by Gasteiger charge is -2.22. The molecule has 0 saturated heterocycles. The van der Waals surface area contributed by atoms with Gasteiger partial charge in [-0.25, -0.2) is 0 Å². The minimum absolute atomic E-state index is 0.0885. The van der Waals surface area contributed by atoms with Gasteiger partial charge >= 0.3 is 0 Å². The van der Waals surface area contributed by atoms with Crippen LogP contribution in [-0.2, 0) is 11.3 Å². The summed E-state index contributed by atoms with van der Waals surface area (Å²) >= 11 is 0. The van der Waals surface area contributed by atoms with Crippen LogP contribution in [-0.4, -0.2) is 5.91 Å². The van der Waals surface area contributed by atoms with Crippen LogP contribution in [0.4, 0.5) is 5.69 Å². The van der Waals surface area contributed by atoms with Crippen molar-refractivity contribution in [3.8, 4) is 0 Å². The zero-order valence-corrected chi connectivity index (χ0v) is 11.0. The predicted molar refractivity (Wildman–Crippen MR) is 79.0 cm³/mol. The van der Waals surface area contributed by atoms with E-state index in [1.807, 2.05) is 48.5 Å². The van der Waals surface area contributed by atoms with Crippen LogP contribution in [0.1, 0.15) is 11.1 Å². The quantitative estimate of drug-likeness (QED) is 0.758. The summed E-state index contributed by atoms with van der Waals surface area (Å²) in [5.74, 6) is -0.0885. The van der Waals surface area contributed by atoms with Crippen LogP contribution in [0.25, 0.3) is 0 Å². The molecule has 0 aliphatic rings. The first-order valence-corrected chi connectivity index (χ1v) is 6.26. The van der Waals surface area contributed by atoms with E-state index in [9.17, 15) is 4.79 Å². The number of aryl methyl sites for hydroxylation is 1. The van der Waals surface area contributed by atoms with Crippen molar-refractivity contribution >= 4 is 11.6 Å². The molecule has 0 bridgehead atoms. The molecule has 0 unspecified atom stereocenters. The molecule has 0 heterocycles. The summed E-state index contributed by atoms with van der Waals surface area (Å²) in [6.45, 7) is 6.19. The molecule has 2 rings (SSSR count). The fraction of sp³-hybridized carbons (Fsp3) is 0.118. The molecule has 2 aromatic carbocycles. The van der Waals surface area contributed by atoms with Crippen molar-refractivity contribution in [2.24, 2.45) is 0 Å². The molecule has 2 nitrogen and oxygen atoms in total. The van der Waals surface area contributed by atoms with Crippen molar-refractivity contribution < 1.29 is 4.79 Å². The maximum Gasteiger partial charge on any atom is 0.250 e. The molecule has 19 heavy (non-hydrogen) atoms. The molecule has 96 valence electrons. The highest BCUT2D eigenvalue weighted by atomic mass is 16.2. The van der Waals surface area contributed by atoms with E-state index in [1.54, 1.807) is 4.90 Å². The second-order valence-electron chi connectivity index (χ2n) is 4.39. The van der Waals surface area contributed by atoms with E-state index in [4.69, 9.17) is 0 Å². The van der Waals surface area contributed by atoms with Gasteiger partial charge in [-0.05, 0) is 36.3 Å². The first kappa shape index (κ1) is 13.1. The zero-order chi connectivity index (χ0) is 13.7. The van der Waals surface area contributed by atoms with Gasteiger partial charge in [-0.3, -0.25) is 4.79 Å². The summed E-state index contributed by atoms with van der Waals surface area (Å²) in [6, 6.07) is 17.7. The molecule has 0 N–H and O–H groups in total. The molecule has 0 atom stereocenters. The standard InChI is InChI=1S/C17H17NO/c1-3-17(19)18(16-11-5-4-6-12-16)13-15-10-8-7-9-14(15)2/h3-12H,1,13H2,2H3. The van der Waals surface area contributed by atoms with Crippen LogP contribution in [0, 0.1) is 6.92 Å². The van der Waals surface area contributed by atoms with Crippen LogP contribution in [0.5, 0.6) is 0 Å². The number of benzene rings is 2. The zero-order valence-electron chi connectivity index (χ0n) is 11.0. The number of para-hydroxylation sites is 1. The van der Waals surface area contributed by atoms with Crippen LogP contribution >= 0.6 is 0 Å². The molecule has 0 radical (unpaired) electrons. The Morgan fingerprint density at radius 1 is 1.11 bits per heavy atom. The Hall–Kier alpha value is -2.35. The van der Waals surface area contributed by atoms with Gasteiger partial charge < -0.3 is 4.90 Å². The van der Waals surface area contributed by atoms with Crippen LogP contribution in [0.2, 0.25) is 0 Å². The number of carbonyl (C=O) groups is 1. The van der Waals surface area contributed by atoms with Crippen molar-refractivity contribution in [3.05, 3.63) is 78.4 Å².